The van der Waals surface area contributed by atoms with Crippen molar-refractivity contribution >= 4 is 15.9 Å². The normalized spacial score (nSPS) is 12.4. The molecule has 0 fully saturated rings. The van der Waals surface area contributed by atoms with Crippen LogP contribution in [0.2, 0.25) is 0 Å². The third-order valence-electron chi connectivity index (χ3n) is 2.69. The Morgan fingerprint density at radius 3 is 2.35 bits per heavy atom. The van der Waals surface area contributed by atoms with Crippen molar-refractivity contribution in [2.75, 3.05) is 14.2 Å². The van der Waals surface area contributed by atoms with Crippen molar-refractivity contribution in [3.8, 4) is 11.5 Å². The van der Waals surface area contributed by atoms with Gasteiger partial charge in [0.1, 0.15) is 0 Å². The highest BCUT2D eigenvalue weighted by molar-refractivity contribution is 9.10. The first-order valence-electron chi connectivity index (χ1n) is 5.65. The van der Waals surface area contributed by atoms with Gasteiger partial charge >= 0.3 is 0 Å². The first-order valence-corrected chi connectivity index (χ1v) is 6.44. The van der Waals surface area contributed by atoms with E-state index in [1.54, 1.807) is 21.1 Å². The van der Waals surface area contributed by atoms with E-state index < -0.39 is 0 Å². The van der Waals surface area contributed by atoms with Gasteiger partial charge in [-0.1, -0.05) is 22.9 Å². The lowest BCUT2D eigenvalue weighted by Crippen LogP contribution is -2.09. The van der Waals surface area contributed by atoms with Crippen LogP contribution in [0.1, 0.15) is 25.0 Å². The molecular weight excluding hydrogens is 284 g/mol. The number of rotatable bonds is 5. The molecule has 0 bridgehead atoms. The average molecular weight is 303 g/mol. The number of aliphatic hydroxyl groups excluding tert-OH is 1. The summed E-state index contributed by atoms with van der Waals surface area (Å²) in [6.45, 7) is 3.85. The van der Waals surface area contributed by atoms with Gasteiger partial charge in [0.25, 0.3) is 0 Å². The van der Waals surface area contributed by atoms with Gasteiger partial charge in [-0.2, -0.15) is 0 Å². The summed E-state index contributed by atoms with van der Waals surface area (Å²) in [6, 6.07) is 1.88. The first-order chi connectivity index (χ1) is 8.04. The van der Waals surface area contributed by atoms with Crippen LogP contribution in [-0.4, -0.2) is 25.4 Å². The van der Waals surface area contributed by atoms with Gasteiger partial charge in [0.15, 0.2) is 11.5 Å². The Balaban J connectivity index is 3.38. The zero-order valence-corrected chi connectivity index (χ0v) is 12.3. The minimum Gasteiger partial charge on any atom is -0.493 e. The van der Waals surface area contributed by atoms with E-state index in [9.17, 15) is 5.11 Å². The standard InChI is InChI=1S/C13H19BrO3/c1-5-9-10(6-8(2)15)11(14)7-12(16-3)13(9)17-4/h7-8,15H,5-6H2,1-4H3. The number of hydrogen-bond donors (Lipinski definition) is 1. The number of ether oxygens (including phenoxy) is 2. The van der Waals surface area contributed by atoms with E-state index in [2.05, 4.69) is 22.9 Å². The van der Waals surface area contributed by atoms with Crippen LogP contribution in [0, 0.1) is 0 Å². The molecule has 0 aliphatic rings. The van der Waals surface area contributed by atoms with Gasteiger partial charge in [0.2, 0.25) is 0 Å². The van der Waals surface area contributed by atoms with Crippen molar-refractivity contribution < 1.29 is 14.6 Å². The quantitative estimate of drug-likeness (QED) is 0.909. The van der Waals surface area contributed by atoms with Gasteiger partial charge in [0.05, 0.1) is 20.3 Å². The molecule has 4 heteroatoms. The van der Waals surface area contributed by atoms with Crippen LogP contribution < -0.4 is 9.47 Å². The Morgan fingerprint density at radius 1 is 1.29 bits per heavy atom. The highest BCUT2D eigenvalue weighted by Gasteiger charge is 2.18. The number of benzene rings is 1. The van der Waals surface area contributed by atoms with E-state index in [1.807, 2.05) is 6.07 Å². The summed E-state index contributed by atoms with van der Waals surface area (Å²) in [7, 11) is 3.26. The Kier molecular flexibility index (Phi) is 5.28. The molecule has 0 amide bonds. The smallest absolute Gasteiger partial charge is 0.164 e. The monoisotopic (exact) mass is 302 g/mol. The maximum absolute atomic E-state index is 9.55. The topological polar surface area (TPSA) is 38.7 Å². The second-order valence-corrected chi connectivity index (χ2v) is 4.81. The fourth-order valence-corrected chi connectivity index (χ4v) is 2.57. The molecule has 0 spiro atoms. The molecule has 0 saturated heterocycles. The Bertz CT molecular complexity index is 389. The van der Waals surface area contributed by atoms with Gasteiger partial charge in [-0.25, -0.2) is 0 Å². The summed E-state index contributed by atoms with van der Waals surface area (Å²) in [6.07, 6.45) is 1.06. The molecule has 1 unspecified atom stereocenters. The van der Waals surface area contributed by atoms with Crippen LogP contribution in [-0.2, 0) is 12.8 Å². The molecule has 3 nitrogen and oxygen atoms in total. The minimum absolute atomic E-state index is 0.380. The van der Waals surface area contributed by atoms with Gasteiger partial charge in [0, 0.05) is 10.0 Å². The van der Waals surface area contributed by atoms with Gasteiger partial charge in [-0.15, -0.1) is 0 Å². The summed E-state index contributed by atoms with van der Waals surface area (Å²) in [5.74, 6) is 1.47. The van der Waals surface area contributed by atoms with Crippen molar-refractivity contribution in [3.63, 3.8) is 0 Å². The Morgan fingerprint density at radius 2 is 1.94 bits per heavy atom. The molecule has 0 aliphatic carbocycles. The number of aliphatic hydroxyl groups is 1. The number of methoxy groups -OCH3 is 2. The van der Waals surface area contributed by atoms with Crippen LogP contribution in [0.3, 0.4) is 0 Å². The zero-order chi connectivity index (χ0) is 13.0. The molecule has 0 saturated carbocycles. The van der Waals surface area contributed by atoms with Crippen LogP contribution in [0.15, 0.2) is 10.5 Å². The highest BCUT2D eigenvalue weighted by atomic mass is 79.9. The van der Waals surface area contributed by atoms with Crippen molar-refractivity contribution in [2.45, 2.75) is 32.8 Å². The van der Waals surface area contributed by atoms with Gasteiger partial charge in [-0.3, -0.25) is 0 Å². The third kappa shape index (κ3) is 3.13. The predicted molar refractivity (Wildman–Crippen MR) is 72.0 cm³/mol. The zero-order valence-electron chi connectivity index (χ0n) is 10.7. The molecule has 1 rings (SSSR count). The second kappa shape index (κ2) is 6.26. The van der Waals surface area contributed by atoms with E-state index in [-0.39, 0.29) is 6.10 Å². The first kappa shape index (κ1) is 14.3. The van der Waals surface area contributed by atoms with E-state index >= 15 is 0 Å². The third-order valence-corrected chi connectivity index (χ3v) is 3.39. The van der Waals surface area contributed by atoms with E-state index in [0.717, 1.165) is 27.8 Å². The fourth-order valence-electron chi connectivity index (χ4n) is 1.96. The molecule has 1 aromatic carbocycles. The molecular formula is C13H19BrO3. The van der Waals surface area contributed by atoms with E-state index in [4.69, 9.17) is 9.47 Å². The molecule has 0 aromatic heterocycles. The lowest BCUT2D eigenvalue weighted by atomic mass is 9.98. The lowest BCUT2D eigenvalue weighted by Gasteiger charge is -2.18. The highest BCUT2D eigenvalue weighted by Crippen LogP contribution is 2.39. The summed E-state index contributed by atoms with van der Waals surface area (Å²) < 4.78 is 11.7. The van der Waals surface area contributed by atoms with Crippen molar-refractivity contribution in [1.29, 1.82) is 0 Å². The van der Waals surface area contributed by atoms with Crippen LogP contribution in [0.25, 0.3) is 0 Å². The maximum Gasteiger partial charge on any atom is 0.164 e. The summed E-state index contributed by atoms with van der Waals surface area (Å²) >= 11 is 3.52. The number of halogens is 1. The van der Waals surface area contributed by atoms with Crippen molar-refractivity contribution in [3.05, 3.63) is 21.7 Å². The molecule has 1 atom stereocenters. The van der Waals surface area contributed by atoms with Crippen LogP contribution in [0.5, 0.6) is 11.5 Å². The van der Waals surface area contributed by atoms with Gasteiger partial charge < -0.3 is 14.6 Å². The average Bonchev–Trinajstić information content (AvgIpc) is 2.30. The van der Waals surface area contributed by atoms with Crippen LogP contribution in [0.4, 0.5) is 0 Å². The van der Waals surface area contributed by atoms with Gasteiger partial charge in [-0.05, 0) is 31.4 Å². The fraction of sp³-hybridized carbons (Fsp3) is 0.538. The summed E-state index contributed by atoms with van der Waals surface area (Å²) in [4.78, 5) is 0. The van der Waals surface area contributed by atoms with Crippen molar-refractivity contribution in [1.82, 2.24) is 0 Å². The minimum atomic E-state index is -0.380. The Hall–Kier alpha value is -0.740. The second-order valence-electron chi connectivity index (χ2n) is 3.96. The van der Waals surface area contributed by atoms with Crippen LogP contribution >= 0.6 is 15.9 Å². The molecule has 17 heavy (non-hydrogen) atoms. The Labute approximate surface area is 111 Å². The lowest BCUT2D eigenvalue weighted by molar-refractivity contribution is 0.195. The largest absolute Gasteiger partial charge is 0.493 e. The molecule has 0 heterocycles. The number of hydrogen-bond acceptors (Lipinski definition) is 3. The molecule has 1 aromatic rings. The molecule has 1 N–H and O–H groups in total. The van der Waals surface area contributed by atoms with E-state index in [1.165, 1.54) is 0 Å². The summed E-state index contributed by atoms with van der Waals surface area (Å²) in [5, 5.41) is 9.55. The maximum atomic E-state index is 9.55. The molecule has 0 aliphatic heterocycles. The molecule has 96 valence electrons. The molecule has 0 radical (unpaired) electrons. The predicted octanol–water partition coefficient (Wildman–Crippen LogP) is 2.95. The SMILES string of the molecule is CCc1c(CC(C)O)c(Br)cc(OC)c1OC. The summed E-state index contributed by atoms with van der Waals surface area (Å²) in [5.41, 5.74) is 2.17. The van der Waals surface area contributed by atoms with E-state index in [0.29, 0.717) is 12.2 Å². The van der Waals surface area contributed by atoms with Crippen molar-refractivity contribution in [2.24, 2.45) is 0 Å².